The Labute approximate surface area is 178 Å². The minimum absolute atomic E-state index is 0.0501. The molecule has 0 atom stereocenters. The van der Waals surface area contributed by atoms with Crippen LogP contribution in [0.3, 0.4) is 0 Å². The minimum Gasteiger partial charge on any atom is -0.490 e. The summed E-state index contributed by atoms with van der Waals surface area (Å²) >= 11 is 0. The fourth-order valence-electron chi connectivity index (χ4n) is 4.35. The average molecular weight is 404 g/mol. The van der Waals surface area contributed by atoms with Gasteiger partial charge in [-0.2, -0.15) is 0 Å². The molecule has 0 saturated heterocycles. The summed E-state index contributed by atoms with van der Waals surface area (Å²) in [5.74, 6) is 0.794. The molecule has 0 radical (unpaired) electrons. The smallest absolute Gasteiger partial charge is 0.258 e. The quantitative estimate of drug-likeness (QED) is 0.704. The number of carbonyl (C=O) groups excluding carboxylic acids is 1. The zero-order valence-electron chi connectivity index (χ0n) is 17.2. The summed E-state index contributed by atoms with van der Waals surface area (Å²) in [5, 5.41) is 0. The Kier molecular flexibility index (Phi) is 6.07. The van der Waals surface area contributed by atoms with Crippen LogP contribution in [-0.2, 0) is 13.1 Å². The lowest BCUT2D eigenvalue weighted by molar-refractivity contribution is 0.0759. The third-order valence-corrected chi connectivity index (χ3v) is 5.94. The predicted molar refractivity (Wildman–Crippen MR) is 119 cm³/mol. The first-order chi connectivity index (χ1) is 14.7. The first kappa shape index (κ1) is 20.1. The van der Waals surface area contributed by atoms with Gasteiger partial charge in [0.1, 0.15) is 5.75 Å². The number of carbonyl (C=O) groups is 1. The van der Waals surface area contributed by atoms with E-state index in [-0.39, 0.29) is 12.0 Å². The molecule has 0 unspecified atom stereocenters. The van der Waals surface area contributed by atoms with E-state index < -0.39 is 0 Å². The van der Waals surface area contributed by atoms with Crippen molar-refractivity contribution in [2.75, 3.05) is 0 Å². The van der Waals surface area contributed by atoms with E-state index in [2.05, 4.69) is 0 Å². The second-order valence-electron chi connectivity index (χ2n) is 8.01. The maximum absolute atomic E-state index is 13.2. The van der Waals surface area contributed by atoms with Crippen molar-refractivity contribution in [1.29, 1.82) is 0 Å². The largest absolute Gasteiger partial charge is 0.490 e. The molecule has 1 heterocycles. The number of nitrogens with zero attached hydrogens (tertiary/aromatic N) is 1. The summed E-state index contributed by atoms with van der Waals surface area (Å²) in [6, 6.07) is 14.0. The SMILES string of the molecule is N/C=C\C(=C/N)c1ccc(CN2Cc3cccc(OC4CCCCC4)c3C2=O)cc1. The molecule has 1 aliphatic heterocycles. The van der Waals surface area contributed by atoms with Gasteiger partial charge in [0.2, 0.25) is 0 Å². The molecule has 1 fully saturated rings. The molecule has 2 aliphatic rings. The van der Waals surface area contributed by atoms with Crippen molar-refractivity contribution in [3.63, 3.8) is 0 Å². The molecular weight excluding hydrogens is 374 g/mol. The molecule has 4 rings (SSSR count). The average Bonchev–Trinajstić information content (AvgIpc) is 3.09. The third-order valence-electron chi connectivity index (χ3n) is 5.94. The van der Waals surface area contributed by atoms with Crippen LogP contribution in [0, 0.1) is 0 Å². The number of amides is 1. The Bertz CT molecular complexity index is 957. The number of ether oxygens (including phenoxy) is 1. The Balaban J connectivity index is 1.47. The van der Waals surface area contributed by atoms with E-state index in [4.69, 9.17) is 16.2 Å². The number of fused-ring (bicyclic) bond motifs is 1. The minimum atomic E-state index is 0.0501. The van der Waals surface area contributed by atoms with E-state index in [9.17, 15) is 4.79 Å². The first-order valence-corrected chi connectivity index (χ1v) is 10.7. The third kappa shape index (κ3) is 4.20. The first-order valence-electron chi connectivity index (χ1n) is 10.7. The van der Waals surface area contributed by atoms with Gasteiger partial charge >= 0.3 is 0 Å². The number of benzene rings is 2. The molecule has 2 aromatic rings. The molecule has 1 saturated carbocycles. The number of hydrogen-bond acceptors (Lipinski definition) is 4. The van der Waals surface area contributed by atoms with E-state index in [1.165, 1.54) is 31.7 Å². The van der Waals surface area contributed by atoms with Gasteiger partial charge in [-0.15, -0.1) is 0 Å². The van der Waals surface area contributed by atoms with Gasteiger partial charge < -0.3 is 21.1 Å². The second-order valence-corrected chi connectivity index (χ2v) is 8.01. The molecule has 5 heteroatoms. The van der Waals surface area contributed by atoms with Crippen LogP contribution in [0.1, 0.15) is 59.2 Å². The van der Waals surface area contributed by atoms with Gasteiger partial charge in [0, 0.05) is 19.3 Å². The van der Waals surface area contributed by atoms with Crippen molar-refractivity contribution < 1.29 is 9.53 Å². The van der Waals surface area contributed by atoms with Crippen molar-refractivity contribution in [3.05, 3.63) is 83.2 Å². The topological polar surface area (TPSA) is 81.6 Å². The number of hydrogen-bond donors (Lipinski definition) is 2. The van der Waals surface area contributed by atoms with Crippen molar-refractivity contribution in [2.24, 2.45) is 11.5 Å². The van der Waals surface area contributed by atoms with Gasteiger partial charge in [-0.1, -0.05) is 42.8 Å². The fraction of sp³-hybridized carbons (Fsp3) is 0.320. The highest BCUT2D eigenvalue weighted by Gasteiger charge is 2.31. The Morgan fingerprint density at radius 3 is 2.53 bits per heavy atom. The number of nitrogens with two attached hydrogens (primary N) is 2. The summed E-state index contributed by atoms with van der Waals surface area (Å²) in [6.07, 6.45) is 10.8. The van der Waals surface area contributed by atoms with E-state index in [1.54, 1.807) is 6.08 Å². The van der Waals surface area contributed by atoms with Gasteiger partial charge in [0.25, 0.3) is 5.91 Å². The Morgan fingerprint density at radius 2 is 1.83 bits per heavy atom. The van der Waals surface area contributed by atoms with Crippen LogP contribution < -0.4 is 16.2 Å². The lowest BCUT2D eigenvalue weighted by Gasteiger charge is -2.24. The zero-order valence-corrected chi connectivity index (χ0v) is 17.2. The number of rotatable bonds is 6. The van der Waals surface area contributed by atoms with Crippen LogP contribution >= 0.6 is 0 Å². The molecule has 4 N–H and O–H groups in total. The lowest BCUT2D eigenvalue weighted by Crippen LogP contribution is -2.24. The van der Waals surface area contributed by atoms with Crippen LogP contribution in [0.5, 0.6) is 5.75 Å². The van der Waals surface area contributed by atoms with Crippen molar-refractivity contribution >= 4 is 11.5 Å². The van der Waals surface area contributed by atoms with E-state index >= 15 is 0 Å². The molecular formula is C25H29N3O2. The summed E-state index contributed by atoms with van der Waals surface area (Å²) in [5.41, 5.74) is 15.9. The highest BCUT2D eigenvalue weighted by atomic mass is 16.5. The highest BCUT2D eigenvalue weighted by Crippen LogP contribution is 2.34. The van der Waals surface area contributed by atoms with Gasteiger partial charge in [-0.05, 0) is 66.3 Å². The Hall–Kier alpha value is -3.21. The van der Waals surface area contributed by atoms with Crippen LogP contribution in [0.4, 0.5) is 0 Å². The van der Waals surface area contributed by atoms with Gasteiger partial charge in [0.15, 0.2) is 0 Å². The van der Waals surface area contributed by atoms with Crippen LogP contribution in [0.2, 0.25) is 0 Å². The normalized spacial score (nSPS) is 17.5. The summed E-state index contributed by atoms with van der Waals surface area (Å²) in [4.78, 5) is 15.0. The van der Waals surface area contributed by atoms with E-state index in [1.807, 2.05) is 47.4 Å². The molecule has 0 spiro atoms. The molecule has 1 aliphatic carbocycles. The maximum Gasteiger partial charge on any atom is 0.258 e. The molecule has 0 aromatic heterocycles. The zero-order chi connectivity index (χ0) is 20.9. The van der Waals surface area contributed by atoms with Crippen molar-refractivity contribution in [2.45, 2.75) is 51.3 Å². The van der Waals surface area contributed by atoms with E-state index in [0.29, 0.717) is 13.1 Å². The van der Waals surface area contributed by atoms with Crippen LogP contribution in [-0.4, -0.2) is 16.9 Å². The van der Waals surface area contributed by atoms with Crippen LogP contribution in [0.25, 0.3) is 5.57 Å². The maximum atomic E-state index is 13.2. The monoisotopic (exact) mass is 403 g/mol. The van der Waals surface area contributed by atoms with Gasteiger partial charge in [-0.25, -0.2) is 0 Å². The molecule has 1 amide bonds. The Morgan fingerprint density at radius 1 is 1.07 bits per heavy atom. The fourth-order valence-corrected chi connectivity index (χ4v) is 4.35. The lowest BCUT2D eigenvalue weighted by atomic mass is 9.97. The summed E-state index contributed by atoms with van der Waals surface area (Å²) in [7, 11) is 0. The van der Waals surface area contributed by atoms with Gasteiger partial charge in [-0.3, -0.25) is 4.79 Å². The standard InChI is InChI=1S/C25H29N3O2/c26-14-13-20(15-27)19-11-9-18(10-12-19)16-28-17-21-5-4-8-23(24(21)25(28)29)30-22-6-2-1-3-7-22/h4-5,8-15,22H,1-3,6-7,16-17,26-27H2/b14-13-,20-15+. The summed E-state index contributed by atoms with van der Waals surface area (Å²) < 4.78 is 6.26. The predicted octanol–water partition coefficient (Wildman–Crippen LogP) is 4.33. The van der Waals surface area contributed by atoms with E-state index in [0.717, 1.165) is 46.4 Å². The second kappa shape index (κ2) is 9.08. The molecule has 5 nitrogen and oxygen atoms in total. The summed E-state index contributed by atoms with van der Waals surface area (Å²) in [6.45, 7) is 1.17. The molecule has 156 valence electrons. The molecule has 30 heavy (non-hydrogen) atoms. The number of allylic oxidation sites excluding steroid dienone is 2. The molecule has 2 aromatic carbocycles. The van der Waals surface area contributed by atoms with Crippen molar-refractivity contribution in [3.8, 4) is 5.75 Å². The van der Waals surface area contributed by atoms with Crippen molar-refractivity contribution in [1.82, 2.24) is 4.90 Å². The highest BCUT2D eigenvalue weighted by molar-refractivity contribution is 6.01. The molecule has 0 bridgehead atoms. The van der Waals surface area contributed by atoms with Crippen LogP contribution in [0.15, 0.2) is 60.9 Å². The van der Waals surface area contributed by atoms with Gasteiger partial charge in [0.05, 0.1) is 11.7 Å².